The minimum absolute atomic E-state index is 0.515. The van der Waals surface area contributed by atoms with Crippen LogP contribution in [0.15, 0.2) is 42.5 Å². The van der Waals surface area contributed by atoms with E-state index in [0.29, 0.717) is 10.6 Å². The van der Waals surface area contributed by atoms with Gasteiger partial charge in [-0.05, 0) is 47.6 Å². The second-order valence-corrected chi connectivity index (χ2v) is 5.51. The maximum atomic E-state index is 10.8. The van der Waals surface area contributed by atoms with Crippen LogP contribution in [0.4, 0.5) is 0 Å². The fourth-order valence-electron chi connectivity index (χ4n) is 2.52. The molecule has 0 N–H and O–H groups in total. The van der Waals surface area contributed by atoms with Gasteiger partial charge in [0.15, 0.2) is 6.29 Å². The van der Waals surface area contributed by atoms with Crippen LogP contribution in [0.5, 0.6) is 0 Å². The molecule has 96 valence electrons. The number of rotatable bonds is 3. The quantitative estimate of drug-likeness (QED) is 0.710. The lowest BCUT2D eigenvalue weighted by molar-refractivity contribution is 0.112. The molecule has 0 aliphatic heterocycles. The van der Waals surface area contributed by atoms with Crippen molar-refractivity contribution >= 4 is 17.9 Å². The van der Waals surface area contributed by atoms with E-state index in [0.717, 1.165) is 17.8 Å². The first-order valence-corrected chi connectivity index (χ1v) is 7.01. The van der Waals surface area contributed by atoms with Crippen molar-refractivity contribution in [2.45, 2.75) is 25.2 Å². The molecule has 0 spiro atoms. The van der Waals surface area contributed by atoms with Gasteiger partial charge in [-0.3, -0.25) is 4.79 Å². The molecular formula is C17H15ClO. The van der Waals surface area contributed by atoms with Gasteiger partial charge < -0.3 is 0 Å². The normalized spacial score (nSPS) is 15.0. The first kappa shape index (κ1) is 12.4. The van der Waals surface area contributed by atoms with Gasteiger partial charge in [-0.1, -0.05) is 48.4 Å². The van der Waals surface area contributed by atoms with Gasteiger partial charge in [-0.25, -0.2) is 0 Å². The summed E-state index contributed by atoms with van der Waals surface area (Å²) in [7, 11) is 0. The third-order valence-corrected chi connectivity index (χ3v) is 4.25. The topological polar surface area (TPSA) is 17.1 Å². The lowest BCUT2D eigenvalue weighted by Gasteiger charge is -2.26. The fraction of sp³-hybridized carbons (Fsp3) is 0.235. The highest BCUT2D eigenvalue weighted by atomic mass is 35.5. The summed E-state index contributed by atoms with van der Waals surface area (Å²) >= 11 is 6.09. The van der Waals surface area contributed by atoms with Gasteiger partial charge in [-0.15, -0.1) is 0 Å². The van der Waals surface area contributed by atoms with Crippen molar-refractivity contribution in [2.75, 3.05) is 0 Å². The highest BCUT2D eigenvalue weighted by Crippen LogP contribution is 2.37. The first-order chi connectivity index (χ1) is 9.28. The van der Waals surface area contributed by atoms with Gasteiger partial charge >= 0.3 is 0 Å². The predicted octanol–water partition coefficient (Wildman–Crippen LogP) is 5.09. The molecule has 1 saturated carbocycles. The molecule has 0 bridgehead atoms. The van der Waals surface area contributed by atoms with Crippen LogP contribution in [0.1, 0.15) is 41.1 Å². The second-order valence-electron chi connectivity index (χ2n) is 5.11. The van der Waals surface area contributed by atoms with Crippen molar-refractivity contribution in [2.24, 2.45) is 0 Å². The summed E-state index contributed by atoms with van der Waals surface area (Å²) < 4.78 is 0. The lowest BCUT2D eigenvalue weighted by atomic mass is 9.79. The fourth-order valence-corrected chi connectivity index (χ4v) is 2.74. The van der Waals surface area contributed by atoms with Gasteiger partial charge in [0.2, 0.25) is 0 Å². The first-order valence-electron chi connectivity index (χ1n) is 6.63. The van der Waals surface area contributed by atoms with Crippen molar-refractivity contribution < 1.29 is 4.79 Å². The SMILES string of the molecule is O=Cc1ccc(-c2cccc(C3CCC3)c2)cc1Cl. The molecule has 19 heavy (non-hydrogen) atoms. The maximum Gasteiger partial charge on any atom is 0.151 e. The van der Waals surface area contributed by atoms with E-state index in [4.69, 9.17) is 11.6 Å². The maximum absolute atomic E-state index is 10.8. The predicted molar refractivity (Wildman–Crippen MR) is 78.9 cm³/mol. The Balaban J connectivity index is 1.97. The number of aldehydes is 1. The minimum atomic E-state index is 0.515. The summed E-state index contributed by atoms with van der Waals surface area (Å²) in [6, 6.07) is 14.2. The molecule has 2 aromatic rings. The Bertz CT molecular complexity index is 614. The zero-order valence-corrected chi connectivity index (χ0v) is 11.4. The molecule has 2 aromatic carbocycles. The van der Waals surface area contributed by atoms with Gasteiger partial charge in [-0.2, -0.15) is 0 Å². The summed E-state index contributed by atoms with van der Waals surface area (Å²) in [6.07, 6.45) is 4.73. The third kappa shape index (κ3) is 2.43. The molecule has 0 aromatic heterocycles. The monoisotopic (exact) mass is 270 g/mol. The van der Waals surface area contributed by atoms with E-state index in [1.165, 1.54) is 30.4 Å². The molecule has 0 amide bonds. The van der Waals surface area contributed by atoms with Crippen LogP contribution in [-0.2, 0) is 0 Å². The van der Waals surface area contributed by atoms with Crippen LogP contribution in [0.2, 0.25) is 5.02 Å². The summed E-state index contributed by atoms with van der Waals surface area (Å²) in [4.78, 5) is 10.8. The number of hydrogen-bond donors (Lipinski definition) is 0. The summed E-state index contributed by atoms with van der Waals surface area (Å²) in [6.45, 7) is 0. The smallest absolute Gasteiger partial charge is 0.151 e. The van der Waals surface area contributed by atoms with Crippen LogP contribution < -0.4 is 0 Å². The average Bonchev–Trinajstić information content (AvgIpc) is 2.37. The van der Waals surface area contributed by atoms with Crippen molar-refractivity contribution in [1.82, 2.24) is 0 Å². The number of halogens is 1. The Morgan fingerprint density at radius 3 is 2.47 bits per heavy atom. The van der Waals surface area contributed by atoms with Gasteiger partial charge in [0.05, 0.1) is 5.02 Å². The largest absolute Gasteiger partial charge is 0.298 e. The number of benzene rings is 2. The average molecular weight is 271 g/mol. The third-order valence-electron chi connectivity index (χ3n) is 3.92. The highest BCUT2D eigenvalue weighted by molar-refractivity contribution is 6.33. The molecule has 2 heteroatoms. The van der Waals surface area contributed by atoms with E-state index in [-0.39, 0.29) is 0 Å². The van der Waals surface area contributed by atoms with Crippen molar-refractivity contribution in [3.8, 4) is 11.1 Å². The van der Waals surface area contributed by atoms with Crippen LogP contribution in [0.3, 0.4) is 0 Å². The standard InChI is InChI=1S/C17H15ClO/c18-17-10-15(7-8-16(17)11-19)14-6-2-5-13(9-14)12-3-1-4-12/h2,5-12H,1,3-4H2. The Hall–Kier alpha value is -1.60. The van der Waals surface area contributed by atoms with E-state index in [1.54, 1.807) is 6.07 Å². The summed E-state index contributed by atoms with van der Waals surface area (Å²) in [5, 5.41) is 0.515. The zero-order chi connectivity index (χ0) is 13.2. The Morgan fingerprint density at radius 1 is 1.05 bits per heavy atom. The highest BCUT2D eigenvalue weighted by Gasteiger charge is 2.19. The molecule has 1 nitrogen and oxygen atoms in total. The summed E-state index contributed by atoms with van der Waals surface area (Å²) in [5.41, 5.74) is 4.19. The molecular weight excluding hydrogens is 256 g/mol. The van der Waals surface area contributed by atoms with Crippen LogP contribution >= 0.6 is 11.6 Å². The van der Waals surface area contributed by atoms with Crippen LogP contribution in [0.25, 0.3) is 11.1 Å². The lowest BCUT2D eigenvalue weighted by Crippen LogP contribution is -2.08. The second kappa shape index (κ2) is 5.18. The Morgan fingerprint density at radius 2 is 1.84 bits per heavy atom. The molecule has 0 saturated heterocycles. The zero-order valence-electron chi connectivity index (χ0n) is 10.6. The van der Waals surface area contributed by atoms with Crippen molar-refractivity contribution in [3.63, 3.8) is 0 Å². The summed E-state index contributed by atoms with van der Waals surface area (Å²) in [5.74, 6) is 0.727. The molecule has 3 rings (SSSR count). The van der Waals surface area contributed by atoms with Gasteiger partial charge in [0.1, 0.15) is 0 Å². The number of hydrogen-bond acceptors (Lipinski definition) is 1. The number of carbonyl (C=O) groups is 1. The molecule has 0 heterocycles. The van der Waals surface area contributed by atoms with Crippen LogP contribution in [-0.4, -0.2) is 6.29 Å². The molecule has 1 aliphatic rings. The molecule has 1 fully saturated rings. The Labute approximate surface area is 118 Å². The molecule has 0 unspecified atom stereocenters. The van der Waals surface area contributed by atoms with Gasteiger partial charge in [0.25, 0.3) is 0 Å². The van der Waals surface area contributed by atoms with Crippen molar-refractivity contribution in [1.29, 1.82) is 0 Å². The molecule has 1 aliphatic carbocycles. The van der Waals surface area contributed by atoms with E-state index in [2.05, 4.69) is 24.3 Å². The van der Waals surface area contributed by atoms with Crippen molar-refractivity contribution in [3.05, 3.63) is 58.6 Å². The van der Waals surface area contributed by atoms with E-state index < -0.39 is 0 Å². The number of carbonyl (C=O) groups excluding carboxylic acids is 1. The Kier molecular flexibility index (Phi) is 3.39. The van der Waals surface area contributed by atoms with Crippen LogP contribution in [0, 0.1) is 0 Å². The van der Waals surface area contributed by atoms with E-state index in [9.17, 15) is 4.79 Å². The van der Waals surface area contributed by atoms with Gasteiger partial charge in [0, 0.05) is 5.56 Å². The van der Waals surface area contributed by atoms with E-state index >= 15 is 0 Å². The molecule has 0 atom stereocenters. The van der Waals surface area contributed by atoms with E-state index in [1.807, 2.05) is 12.1 Å². The molecule has 0 radical (unpaired) electrons. The minimum Gasteiger partial charge on any atom is -0.298 e.